The third-order valence-corrected chi connectivity index (χ3v) is 34.6. The fourth-order valence-corrected chi connectivity index (χ4v) is 27.5. The summed E-state index contributed by atoms with van der Waals surface area (Å²) in [6, 6.07) is 51.3. The maximum absolute atomic E-state index is 4.18. The van der Waals surface area contributed by atoms with Crippen LogP contribution in [0.5, 0.6) is 0 Å². The van der Waals surface area contributed by atoms with Crippen LogP contribution in [0, 0.1) is 0 Å². The first-order valence-corrected chi connectivity index (χ1v) is 57.2. The molecule has 4 aromatic heterocycles. The Morgan fingerprint density at radius 2 is 0.369 bits per heavy atom. The number of aryl methyl sites for hydroxylation is 4. The molecule has 122 heavy (non-hydrogen) atoms. The zero-order valence-electron chi connectivity index (χ0n) is 78.0. The van der Waals surface area contributed by atoms with Gasteiger partial charge in [0.15, 0.2) is 0 Å². The molecule has 0 saturated heterocycles. The second kappa shape index (κ2) is 57.4. The fourth-order valence-electron chi connectivity index (χ4n) is 21.4. The molecule has 6 heteroatoms. The third-order valence-electron chi connectivity index (χ3n) is 28.7. The molecule has 0 radical (unpaired) electrons. The minimum absolute atomic E-state index is 0.476. The Labute approximate surface area is 780 Å². The normalized spacial score (nSPS) is 13.2. The standard InChI is InChI=1S/C116H168Br2S4/c1-5-9-13-17-21-25-29-33-37-41-45-49-53-57-61-65-69-93-73-81-97(82-74-93)115(98-83-75-94(76-84-98)70-66-62-58-54-50-46-42-38-34-30-26-22-18-14-10-6-2)103-91-107(117)121-111(103)113-109(115)101-89-106-102(90-105(101)119-113)110-114(120-106)112-104(92-108(118)122-112)116(110,99-85-77-95(78-86-99)71-67-63-59-55-51-47-43-39-35-31-27-23-19-15-11-7-3)100-87-79-96(80-88-100)72-68-64-60-56-52-48-44-40-36-32-28-24-20-16-12-8-4/h73-92H,5-72H2,1-4H3. The van der Waals surface area contributed by atoms with Crippen molar-refractivity contribution in [2.75, 3.05) is 0 Å². The summed E-state index contributed by atoms with van der Waals surface area (Å²) in [5.74, 6) is 0. The molecule has 0 atom stereocenters. The van der Waals surface area contributed by atoms with Crippen LogP contribution >= 0.6 is 77.2 Å². The number of benzene rings is 5. The highest BCUT2D eigenvalue weighted by Crippen LogP contribution is 2.67. The van der Waals surface area contributed by atoms with E-state index in [-0.39, 0.29) is 0 Å². The van der Waals surface area contributed by atoms with Crippen molar-refractivity contribution >= 4 is 97.4 Å². The van der Waals surface area contributed by atoms with Crippen molar-refractivity contribution in [3.8, 4) is 19.5 Å². The molecule has 5 aromatic carbocycles. The number of halogens is 2. The fraction of sp³-hybridized carbons (Fsp3) is 0.638. The molecule has 0 aliphatic heterocycles. The number of unbranched alkanes of at least 4 members (excludes halogenated alkanes) is 60. The number of fused-ring (bicyclic) bond motifs is 10. The van der Waals surface area contributed by atoms with Gasteiger partial charge in [-0.15, -0.1) is 45.3 Å². The van der Waals surface area contributed by atoms with E-state index in [2.05, 4.69) is 204 Å². The van der Waals surface area contributed by atoms with E-state index in [0.717, 1.165) is 25.7 Å². The highest BCUT2D eigenvalue weighted by molar-refractivity contribution is 9.11. The van der Waals surface area contributed by atoms with Gasteiger partial charge in [0.2, 0.25) is 0 Å². The molecule has 0 unspecified atom stereocenters. The van der Waals surface area contributed by atoms with E-state index in [1.165, 1.54) is 525 Å². The topological polar surface area (TPSA) is 0 Å². The lowest BCUT2D eigenvalue weighted by molar-refractivity contribution is 0.529. The molecule has 2 aliphatic carbocycles. The quantitative estimate of drug-likeness (QED) is 0.0333. The van der Waals surface area contributed by atoms with Crippen molar-refractivity contribution in [3.63, 3.8) is 0 Å². The Bertz CT molecular complexity index is 3810. The summed E-state index contributed by atoms with van der Waals surface area (Å²) in [6.45, 7) is 9.30. The molecule has 0 spiro atoms. The molecule has 0 bridgehead atoms. The minimum Gasteiger partial charge on any atom is -0.134 e. The first-order valence-electron chi connectivity index (χ1n) is 52.3. The lowest BCUT2D eigenvalue weighted by Crippen LogP contribution is -2.28. The third kappa shape index (κ3) is 29.7. The second-order valence-corrected chi connectivity index (χ2v) is 45.5. The van der Waals surface area contributed by atoms with Gasteiger partial charge in [0.05, 0.1) is 37.9 Å². The predicted octanol–water partition coefficient (Wildman–Crippen LogP) is 41.7. The van der Waals surface area contributed by atoms with Crippen LogP contribution in [0.15, 0.2) is 129 Å². The van der Waals surface area contributed by atoms with Crippen molar-refractivity contribution < 1.29 is 0 Å². The van der Waals surface area contributed by atoms with Crippen molar-refractivity contribution in [2.24, 2.45) is 0 Å². The summed E-state index contributed by atoms with van der Waals surface area (Å²) < 4.78 is 5.28. The van der Waals surface area contributed by atoms with E-state index >= 15 is 0 Å². The molecule has 0 saturated carbocycles. The molecule has 0 fully saturated rings. The minimum atomic E-state index is -0.476. The van der Waals surface area contributed by atoms with E-state index in [9.17, 15) is 0 Å². The van der Waals surface area contributed by atoms with Gasteiger partial charge in [-0.1, -0.05) is 510 Å². The number of thiophene rings is 4. The molecule has 9 aromatic rings. The van der Waals surface area contributed by atoms with Gasteiger partial charge in [0.25, 0.3) is 0 Å². The molecular formula is C116H168Br2S4. The van der Waals surface area contributed by atoms with Gasteiger partial charge in [-0.2, -0.15) is 0 Å². The molecule has 0 N–H and O–H groups in total. The van der Waals surface area contributed by atoms with Gasteiger partial charge >= 0.3 is 0 Å². The van der Waals surface area contributed by atoms with Crippen LogP contribution in [-0.4, -0.2) is 0 Å². The number of rotatable bonds is 72. The van der Waals surface area contributed by atoms with Crippen molar-refractivity contribution in [3.05, 3.63) is 196 Å². The van der Waals surface area contributed by atoms with Crippen LogP contribution in [0.25, 0.3) is 39.7 Å². The van der Waals surface area contributed by atoms with Gasteiger partial charge in [0.1, 0.15) is 0 Å². The predicted molar refractivity (Wildman–Crippen MR) is 556 cm³/mol. The Morgan fingerprint density at radius 1 is 0.197 bits per heavy atom. The summed E-state index contributed by atoms with van der Waals surface area (Å²) in [6.07, 6.45) is 94.6. The van der Waals surface area contributed by atoms with Crippen molar-refractivity contribution in [2.45, 2.75) is 475 Å². The summed E-state index contributed by atoms with van der Waals surface area (Å²) in [7, 11) is 0. The number of hydrogen-bond acceptors (Lipinski definition) is 4. The van der Waals surface area contributed by atoms with Crippen molar-refractivity contribution in [1.82, 2.24) is 0 Å². The Kier molecular flexibility index (Phi) is 46.6. The molecule has 670 valence electrons. The monoisotopic (exact) mass is 1850 g/mol. The van der Waals surface area contributed by atoms with Crippen LogP contribution < -0.4 is 0 Å². The summed E-state index contributed by atoms with van der Waals surface area (Å²) in [4.78, 5) is 5.81. The largest absolute Gasteiger partial charge is 0.134 e. The van der Waals surface area contributed by atoms with Gasteiger partial charge in [-0.3, -0.25) is 0 Å². The highest BCUT2D eigenvalue weighted by atomic mass is 79.9. The summed E-state index contributed by atoms with van der Waals surface area (Å²) in [5.41, 5.74) is 16.5. The summed E-state index contributed by atoms with van der Waals surface area (Å²) >= 11 is 16.4. The Hall–Kier alpha value is -3.62. The molecule has 0 amide bonds. The van der Waals surface area contributed by atoms with Crippen LogP contribution in [0.3, 0.4) is 0 Å². The van der Waals surface area contributed by atoms with E-state index in [1.807, 2.05) is 22.7 Å². The zero-order valence-corrected chi connectivity index (χ0v) is 84.5. The molecule has 2 aliphatic rings. The maximum Gasteiger partial charge on any atom is 0.0737 e. The molecular weight excluding hydrogens is 1680 g/mol. The molecule has 11 rings (SSSR count). The van der Waals surface area contributed by atoms with E-state index in [0.29, 0.717) is 0 Å². The van der Waals surface area contributed by atoms with Gasteiger partial charge < -0.3 is 0 Å². The first kappa shape index (κ1) is 99.0. The van der Waals surface area contributed by atoms with Crippen LogP contribution in [-0.2, 0) is 36.5 Å². The van der Waals surface area contributed by atoms with Crippen LogP contribution in [0.1, 0.15) is 505 Å². The van der Waals surface area contributed by atoms with Crippen molar-refractivity contribution in [1.29, 1.82) is 0 Å². The number of hydrogen-bond donors (Lipinski definition) is 0. The van der Waals surface area contributed by atoms with Crippen LogP contribution in [0.4, 0.5) is 0 Å². The Morgan fingerprint density at radius 3 is 0.549 bits per heavy atom. The van der Waals surface area contributed by atoms with E-state index < -0.39 is 10.8 Å². The lowest BCUT2D eigenvalue weighted by atomic mass is 9.67. The maximum atomic E-state index is 4.18. The smallest absolute Gasteiger partial charge is 0.0737 e. The highest BCUT2D eigenvalue weighted by Gasteiger charge is 2.52. The lowest BCUT2D eigenvalue weighted by Gasteiger charge is -2.34. The first-order chi connectivity index (χ1) is 60.3. The molecule has 0 nitrogen and oxygen atoms in total. The van der Waals surface area contributed by atoms with E-state index in [4.69, 9.17) is 0 Å². The zero-order chi connectivity index (χ0) is 84.8. The van der Waals surface area contributed by atoms with E-state index in [1.54, 1.807) is 0 Å². The van der Waals surface area contributed by atoms with Gasteiger partial charge in [-0.25, -0.2) is 0 Å². The summed E-state index contributed by atoms with van der Waals surface area (Å²) in [5, 5.41) is 2.86. The SMILES string of the molecule is CCCCCCCCCCCCCCCCCCc1ccc(C2(c3ccc(CCCCCCCCCCCCCCCCCC)cc3)c3cc(Br)sc3-c3sc4cc5c6c(sc5cc4c32)-c2sc(Br)cc2C6(c2ccc(CCCCCCCCCCCCCCCCCC)cc2)c2ccc(CCCCCCCCCCCCCCCCCC)cc2)cc1. The molecule has 4 heterocycles. The van der Waals surface area contributed by atoms with Gasteiger partial charge in [0, 0.05) is 9.40 Å². The Balaban J connectivity index is 0.824. The van der Waals surface area contributed by atoms with Gasteiger partial charge in [-0.05, 0) is 185 Å². The average molecular weight is 1850 g/mol. The average Bonchev–Trinajstić information content (AvgIpc) is 1.50. The van der Waals surface area contributed by atoms with Crippen LogP contribution in [0.2, 0.25) is 0 Å². The second-order valence-electron chi connectivity index (χ2n) is 38.5.